The van der Waals surface area contributed by atoms with Crippen molar-refractivity contribution in [1.29, 1.82) is 0 Å². The maximum Gasteiger partial charge on any atom is 0.123 e. The van der Waals surface area contributed by atoms with Crippen LogP contribution < -0.4 is 11.1 Å². The van der Waals surface area contributed by atoms with Crippen molar-refractivity contribution in [3.05, 3.63) is 35.6 Å². The molecule has 0 radical (unpaired) electrons. The van der Waals surface area contributed by atoms with Crippen LogP contribution in [0.25, 0.3) is 0 Å². The highest BCUT2D eigenvalue weighted by atomic mass is 19.1. The Morgan fingerprint density at radius 3 is 2.27 bits per heavy atom. The van der Waals surface area contributed by atoms with Gasteiger partial charge in [0.25, 0.3) is 0 Å². The van der Waals surface area contributed by atoms with E-state index in [4.69, 9.17) is 5.73 Å². The van der Waals surface area contributed by atoms with Gasteiger partial charge in [-0.05, 0) is 38.5 Å². The molecule has 0 aliphatic heterocycles. The Hall–Kier alpha value is -0.930. The SMILES string of the molecule is CC(C)(C)NC[C@@H](N)c1ccc(F)cc1. The third kappa shape index (κ3) is 4.40. The summed E-state index contributed by atoms with van der Waals surface area (Å²) < 4.78 is 12.7. The summed E-state index contributed by atoms with van der Waals surface area (Å²) in [5.74, 6) is -0.227. The summed E-state index contributed by atoms with van der Waals surface area (Å²) in [6.07, 6.45) is 0. The highest BCUT2D eigenvalue weighted by Gasteiger charge is 2.12. The molecular formula is C12H19FN2. The van der Waals surface area contributed by atoms with Crippen molar-refractivity contribution in [2.45, 2.75) is 32.4 Å². The summed E-state index contributed by atoms with van der Waals surface area (Å²) in [5, 5.41) is 3.32. The Balaban J connectivity index is 2.54. The highest BCUT2D eigenvalue weighted by molar-refractivity contribution is 5.19. The van der Waals surface area contributed by atoms with E-state index in [2.05, 4.69) is 26.1 Å². The van der Waals surface area contributed by atoms with Gasteiger partial charge in [-0.2, -0.15) is 0 Å². The molecule has 15 heavy (non-hydrogen) atoms. The van der Waals surface area contributed by atoms with Crippen molar-refractivity contribution in [2.75, 3.05) is 6.54 Å². The Morgan fingerprint density at radius 2 is 1.80 bits per heavy atom. The molecule has 1 atom stereocenters. The first kappa shape index (κ1) is 12.1. The van der Waals surface area contributed by atoms with Crippen LogP contribution >= 0.6 is 0 Å². The molecular weight excluding hydrogens is 191 g/mol. The third-order valence-electron chi connectivity index (χ3n) is 2.15. The van der Waals surface area contributed by atoms with Gasteiger partial charge in [-0.3, -0.25) is 0 Å². The number of hydrogen-bond donors (Lipinski definition) is 2. The Bertz CT molecular complexity index is 300. The highest BCUT2D eigenvalue weighted by Crippen LogP contribution is 2.11. The molecule has 0 aromatic heterocycles. The average molecular weight is 210 g/mol. The molecule has 3 heteroatoms. The summed E-state index contributed by atoms with van der Waals surface area (Å²) in [6, 6.07) is 6.23. The normalized spacial score (nSPS) is 13.9. The molecule has 0 heterocycles. The predicted molar refractivity (Wildman–Crippen MR) is 61.1 cm³/mol. The first-order valence-electron chi connectivity index (χ1n) is 5.14. The molecule has 0 saturated heterocycles. The fourth-order valence-electron chi connectivity index (χ4n) is 1.24. The van der Waals surface area contributed by atoms with Crippen LogP contribution in [0.1, 0.15) is 32.4 Å². The molecule has 1 rings (SSSR count). The van der Waals surface area contributed by atoms with Gasteiger partial charge in [0.15, 0.2) is 0 Å². The lowest BCUT2D eigenvalue weighted by Crippen LogP contribution is -2.40. The number of nitrogens with two attached hydrogens (primary N) is 1. The van der Waals surface area contributed by atoms with E-state index in [1.807, 2.05) is 0 Å². The quantitative estimate of drug-likeness (QED) is 0.802. The molecule has 0 amide bonds. The monoisotopic (exact) mass is 210 g/mol. The van der Waals surface area contributed by atoms with Crippen molar-refractivity contribution < 1.29 is 4.39 Å². The van der Waals surface area contributed by atoms with E-state index in [1.165, 1.54) is 12.1 Å². The average Bonchev–Trinajstić information content (AvgIpc) is 2.14. The molecule has 0 aliphatic carbocycles. The zero-order valence-electron chi connectivity index (χ0n) is 9.55. The molecule has 0 fully saturated rings. The van der Waals surface area contributed by atoms with Gasteiger partial charge >= 0.3 is 0 Å². The van der Waals surface area contributed by atoms with Crippen molar-refractivity contribution in [1.82, 2.24) is 5.32 Å². The molecule has 0 unspecified atom stereocenters. The van der Waals surface area contributed by atoms with Gasteiger partial charge in [-0.1, -0.05) is 12.1 Å². The van der Waals surface area contributed by atoms with Crippen LogP contribution in [-0.2, 0) is 0 Å². The zero-order chi connectivity index (χ0) is 11.5. The van der Waals surface area contributed by atoms with E-state index in [1.54, 1.807) is 12.1 Å². The van der Waals surface area contributed by atoms with Crippen molar-refractivity contribution in [3.63, 3.8) is 0 Å². The van der Waals surface area contributed by atoms with Gasteiger partial charge in [-0.15, -0.1) is 0 Å². The summed E-state index contributed by atoms with van der Waals surface area (Å²) in [7, 11) is 0. The first-order valence-corrected chi connectivity index (χ1v) is 5.14. The predicted octanol–water partition coefficient (Wildman–Crippen LogP) is 2.21. The van der Waals surface area contributed by atoms with Crippen LogP contribution in [0.3, 0.4) is 0 Å². The zero-order valence-corrected chi connectivity index (χ0v) is 9.55. The van der Waals surface area contributed by atoms with Crippen molar-refractivity contribution in [2.24, 2.45) is 5.73 Å². The molecule has 2 nitrogen and oxygen atoms in total. The fourth-order valence-corrected chi connectivity index (χ4v) is 1.24. The standard InChI is InChI=1S/C12H19FN2/c1-12(2,3)15-8-11(14)9-4-6-10(13)7-5-9/h4-7,11,15H,8,14H2,1-3H3/t11-/m1/s1. The number of halogens is 1. The van der Waals surface area contributed by atoms with E-state index in [9.17, 15) is 4.39 Å². The summed E-state index contributed by atoms with van der Waals surface area (Å²) >= 11 is 0. The van der Waals surface area contributed by atoms with Crippen LogP contribution in [-0.4, -0.2) is 12.1 Å². The second-order valence-electron chi connectivity index (χ2n) is 4.79. The lowest BCUT2D eigenvalue weighted by atomic mass is 10.0. The first-order chi connectivity index (χ1) is 6.88. The maximum absolute atomic E-state index is 12.7. The minimum Gasteiger partial charge on any atom is -0.323 e. The Labute approximate surface area is 90.7 Å². The number of hydrogen-bond acceptors (Lipinski definition) is 2. The van der Waals surface area contributed by atoms with Crippen LogP contribution in [0.2, 0.25) is 0 Å². The van der Waals surface area contributed by atoms with E-state index >= 15 is 0 Å². The molecule has 0 saturated carbocycles. The molecule has 3 N–H and O–H groups in total. The van der Waals surface area contributed by atoms with E-state index in [0.717, 1.165) is 5.56 Å². The van der Waals surface area contributed by atoms with Gasteiger partial charge in [0, 0.05) is 18.1 Å². The summed E-state index contributed by atoms with van der Waals surface area (Å²) in [6.45, 7) is 6.95. The van der Waals surface area contributed by atoms with Crippen LogP contribution in [0.5, 0.6) is 0 Å². The lowest BCUT2D eigenvalue weighted by molar-refractivity contribution is 0.408. The summed E-state index contributed by atoms with van der Waals surface area (Å²) in [4.78, 5) is 0. The van der Waals surface area contributed by atoms with Gasteiger partial charge in [0.05, 0.1) is 0 Å². The Kier molecular flexibility index (Phi) is 3.83. The number of benzene rings is 1. The molecule has 84 valence electrons. The minimum absolute atomic E-state index is 0.0532. The maximum atomic E-state index is 12.7. The number of nitrogens with one attached hydrogen (secondary N) is 1. The molecule has 0 aliphatic rings. The Morgan fingerprint density at radius 1 is 1.27 bits per heavy atom. The van der Waals surface area contributed by atoms with Crippen LogP contribution in [0.15, 0.2) is 24.3 Å². The molecule has 1 aromatic rings. The van der Waals surface area contributed by atoms with Crippen LogP contribution in [0, 0.1) is 5.82 Å². The van der Waals surface area contributed by atoms with Crippen molar-refractivity contribution >= 4 is 0 Å². The molecule has 0 bridgehead atoms. The topological polar surface area (TPSA) is 38.0 Å². The number of rotatable bonds is 3. The van der Waals surface area contributed by atoms with Crippen molar-refractivity contribution in [3.8, 4) is 0 Å². The smallest absolute Gasteiger partial charge is 0.123 e. The molecule has 0 spiro atoms. The van der Waals surface area contributed by atoms with Gasteiger partial charge < -0.3 is 11.1 Å². The minimum atomic E-state index is -0.227. The van der Waals surface area contributed by atoms with Gasteiger partial charge in [0.1, 0.15) is 5.82 Å². The van der Waals surface area contributed by atoms with E-state index in [0.29, 0.717) is 6.54 Å². The fraction of sp³-hybridized carbons (Fsp3) is 0.500. The van der Waals surface area contributed by atoms with Gasteiger partial charge in [-0.25, -0.2) is 4.39 Å². The van der Waals surface area contributed by atoms with E-state index in [-0.39, 0.29) is 17.4 Å². The van der Waals surface area contributed by atoms with E-state index < -0.39 is 0 Å². The van der Waals surface area contributed by atoms with Gasteiger partial charge in [0.2, 0.25) is 0 Å². The summed E-state index contributed by atoms with van der Waals surface area (Å²) in [5.41, 5.74) is 6.97. The third-order valence-corrected chi connectivity index (χ3v) is 2.15. The molecule has 1 aromatic carbocycles. The second-order valence-corrected chi connectivity index (χ2v) is 4.79. The lowest BCUT2D eigenvalue weighted by Gasteiger charge is -2.23. The largest absolute Gasteiger partial charge is 0.323 e. The second kappa shape index (κ2) is 4.73. The van der Waals surface area contributed by atoms with Crippen LogP contribution in [0.4, 0.5) is 4.39 Å².